The Morgan fingerprint density at radius 1 is 1.46 bits per heavy atom. The summed E-state index contributed by atoms with van der Waals surface area (Å²) in [5.74, 6) is -0.0371. The Morgan fingerprint density at radius 2 is 2.08 bits per heavy atom. The summed E-state index contributed by atoms with van der Waals surface area (Å²) in [7, 11) is 0. The van der Waals surface area contributed by atoms with Gasteiger partial charge in [-0.2, -0.15) is 0 Å². The van der Waals surface area contributed by atoms with Gasteiger partial charge in [0.2, 0.25) is 0 Å². The Bertz CT molecular complexity index is 286. The van der Waals surface area contributed by atoms with Crippen molar-refractivity contribution in [3.63, 3.8) is 0 Å². The molecule has 0 aliphatic heterocycles. The SMILES string of the molecule is C.CCNC(=O)c1ccccc1Br. The summed E-state index contributed by atoms with van der Waals surface area (Å²) >= 11 is 3.31. The first-order valence-corrected chi connectivity index (χ1v) is 4.57. The molecule has 0 radical (unpaired) electrons. The molecule has 1 rings (SSSR count). The monoisotopic (exact) mass is 243 g/mol. The zero-order valence-corrected chi connectivity index (χ0v) is 8.39. The molecule has 3 heteroatoms. The normalized spacial score (nSPS) is 8.77. The van der Waals surface area contributed by atoms with E-state index in [1.54, 1.807) is 6.07 Å². The van der Waals surface area contributed by atoms with Crippen molar-refractivity contribution in [2.24, 2.45) is 0 Å². The highest BCUT2D eigenvalue weighted by Crippen LogP contribution is 2.15. The summed E-state index contributed by atoms with van der Waals surface area (Å²) in [5, 5.41) is 2.73. The van der Waals surface area contributed by atoms with E-state index in [2.05, 4.69) is 21.2 Å². The van der Waals surface area contributed by atoms with Crippen molar-refractivity contribution < 1.29 is 4.79 Å². The number of rotatable bonds is 2. The third-order valence-corrected chi connectivity index (χ3v) is 2.15. The topological polar surface area (TPSA) is 29.1 Å². The van der Waals surface area contributed by atoms with Crippen LogP contribution in [-0.2, 0) is 0 Å². The fraction of sp³-hybridized carbons (Fsp3) is 0.300. The summed E-state index contributed by atoms with van der Waals surface area (Å²) in [5.41, 5.74) is 0.680. The minimum Gasteiger partial charge on any atom is -0.352 e. The summed E-state index contributed by atoms with van der Waals surface area (Å²) in [6.45, 7) is 2.55. The molecular weight excluding hydrogens is 230 g/mol. The van der Waals surface area contributed by atoms with Crippen LogP contribution in [0, 0.1) is 0 Å². The smallest absolute Gasteiger partial charge is 0.252 e. The Morgan fingerprint density at radius 3 is 2.62 bits per heavy atom. The number of hydrogen-bond donors (Lipinski definition) is 1. The summed E-state index contributed by atoms with van der Waals surface area (Å²) in [6, 6.07) is 7.36. The molecule has 0 spiro atoms. The maximum absolute atomic E-state index is 11.3. The highest BCUT2D eigenvalue weighted by Gasteiger charge is 2.06. The maximum Gasteiger partial charge on any atom is 0.252 e. The Kier molecular flexibility index (Phi) is 5.39. The fourth-order valence-corrected chi connectivity index (χ4v) is 1.37. The van der Waals surface area contributed by atoms with Crippen LogP contribution < -0.4 is 5.32 Å². The first-order valence-electron chi connectivity index (χ1n) is 3.78. The van der Waals surface area contributed by atoms with E-state index >= 15 is 0 Å². The molecule has 1 aromatic rings. The van der Waals surface area contributed by atoms with Crippen LogP contribution in [0.25, 0.3) is 0 Å². The van der Waals surface area contributed by atoms with Crippen LogP contribution in [0.1, 0.15) is 24.7 Å². The molecule has 0 fully saturated rings. The Balaban J connectivity index is 0.00000144. The third kappa shape index (κ3) is 3.19. The van der Waals surface area contributed by atoms with Gasteiger partial charge in [0, 0.05) is 11.0 Å². The van der Waals surface area contributed by atoms with Crippen LogP contribution in [0.3, 0.4) is 0 Å². The van der Waals surface area contributed by atoms with Crippen LogP contribution in [0.4, 0.5) is 0 Å². The van der Waals surface area contributed by atoms with Crippen LogP contribution in [0.5, 0.6) is 0 Å². The van der Waals surface area contributed by atoms with E-state index in [0.29, 0.717) is 12.1 Å². The molecule has 0 saturated carbocycles. The Labute approximate surface area is 87.5 Å². The van der Waals surface area contributed by atoms with E-state index in [0.717, 1.165) is 4.47 Å². The molecule has 1 N–H and O–H groups in total. The molecule has 2 nitrogen and oxygen atoms in total. The van der Waals surface area contributed by atoms with Crippen molar-refractivity contribution >= 4 is 21.8 Å². The largest absolute Gasteiger partial charge is 0.352 e. The molecule has 72 valence electrons. The van der Waals surface area contributed by atoms with E-state index in [4.69, 9.17) is 0 Å². The average molecular weight is 244 g/mol. The van der Waals surface area contributed by atoms with Crippen molar-refractivity contribution in [3.05, 3.63) is 34.3 Å². The van der Waals surface area contributed by atoms with E-state index in [1.807, 2.05) is 25.1 Å². The van der Waals surface area contributed by atoms with Crippen molar-refractivity contribution in [2.45, 2.75) is 14.4 Å². The van der Waals surface area contributed by atoms with Crippen molar-refractivity contribution in [1.29, 1.82) is 0 Å². The number of carbonyl (C=O) groups excluding carboxylic acids is 1. The zero-order chi connectivity index (χ0) is 8.97. The molecule has 1 aromatic carbocycles. The molecule has 1 amide bonds. The molecular formula is C10H14BrNO. The van der Waals surface area contributed by atoms with Gasteiger partial charge in [0.15, 0.2) is 0 Å². The zero-order valence-electron chi connectivity index (χ0n) is 6.80. The van der Waals surface area contributed by atoms with Gasteiger partial charge in [-0.05, 0) is 35.0 Å². The number of benzene rings is 1. The first kappa shape index (κ1) is 12.2. The highest BCUT2D eigenvalue weighted by atomic mass is 79.9. The molecule has 0 bridgehead atoms. The van der Waals surface area contributed by atoms with Gasteiger partial charge in [0.05, 0.1) is 5.56 Å². The lowest BCUT2D eigenvalue weighted by Crippen LogP contribution is -2.22. The van der Waals surface area contributed by atoms with Gasteiger partial charge in [-0.25, -0.2) is 0 Å². The molecule has 13 heavy (non-hydrogen) atoms. The Hall–Kier alpha value is -0.830. The minimum atomic E-state index is -0.0371. The van der Waals surface area contributed by atoms with E-state index < -0.39 is 0 Å². The van der Waals surface area contributed by atoms with Crippen molar-refractivity contribution in [3.8, 4) is 0 Å². The van der Waals surface area contributed by atoms with Crippen molar-refractivity contribution in [2.75, 3.05) is 6.54 Å². The average Bonchev–Trinajstić information content (AvgIpc) is 2.05. The summed E-state index contributed by atoms with van der Waals surface area (Å²) in [4.78, 5) is 11.3. The highest BCUT2D eigenvalue weighted by molar-refractivity contribution is 9.10. The lowest BCUT2D eigenvalue weighted by molar-refractivity contribution is 0.0955. The van der Waals surface area contributed by atoms with E-state index in [9.17, 15) is 4.79 Å². The van der Waals surface area contributed by atoms with Crippen LogP contribution >= 0.6 is 15.9 Å². The molecule has 0 aromatic heterocycles. The lowest BCUT2D eigenvalue weighted by Gasteiger charge is -2.02. The van der Waals surface area contributed by atoms with E-state index in [-0.39, 0.29) is 13.3 Å². The first-order chi connectivity index (χ1) is 5.75. The molecule has 0 aliphatic rings. The van der Waals surface area contributed by atoms with Gasteiger partial charge < -0.3 is 5.32 Å². The fourth-order valence-electron chi connectivity index (χ4n) is 0.901. The van der Waals surface area contributed by atoms with Crippen LogP contribution in [-0.4, -0.2) is 12.5 Å². The van der Waals surface area contributed by atoms with Crippen LogP contribution in [0.15, 0.2) is 28.7 Å². The predicted molar refractivity (Wildman–Crippen MR) is 58.9 cm³/mol. The van der Waals surface area contributed by atoms with Gasteiger partial charge >= 0.3 is 0 Å². The predicted octanol–water partition coefficient (Wildman–Crippen LogP) is 2.83. The lowest BCUT2D eigenvalue weighted by atomic mass is 10.2. The molecule has 0 saturated heterocycles. The number of nitrogens with one attached hydrogen (secondary N) is 1. The molecule has 0 aliphatic carbocycles. The van der Waals surface area contributed by atoms with E-state index in [1.165, 1.54) is 0 Å². The summed E-state index contributed by atoms with van der Waals surface area (Å²) in [6.07, 6.45) is 0. The third-order valence-electron chi connectivity index (χ3n) is 1.46. The minimum absolute atomic E-state index is 0. The molecule has 0 atom stereocenters. The molecule has 0 unspecified atom stereocenters. The number of halogens is 1. The van der Waals surface area contributed by atoms with Gasteiger partial charge in [-0.1, -0.05) is 19.6 Å². The van der Waals surface area contributed by atoms with Gasteiger partial charge in [0.25, 0.3) is 5.91 Å². The second-order valence-electron chi connectivity index (χ2n) is 2.34. The van der Waals surface area contributed by atoms with Crippen molar-refractivity contribution in [1.82, 2.24) is 5.32 Å². The number of hydrogen-bond acceptors (Lipinski definition) is 1. The van der Waals surface area contributed by atoms with Gasteiger partial charge in [0.1, 0.15) is 0 Å². The standard InChI is InChI=1S/C9H10BrNO.CH4/c1-2-11-9(12)7-5-3-4-6-8(7)10;/h3-6H,2H2,1H3,(H,11,12);1H4. The number of carbonyl (C=O) groups is 1. The maximum atomic E-state index is 11.3. The quantitative estimate of drug-likeness (QED) is 0.851. The van der Waals surface area contributed by atoms with Gasteiger partial charge in [-0.15, -0.1) is 0 Å². The second-order valence-corrected chi connectivity index (χ2v) is 3.19. The number of amides is 1. The molecule has 0 heterocycles. The van der Waals surface area contributed by atoms with Gasteiger partial charge in [-0.3, -0.25) is 4.79 Å². The second kappa shape index (κ2) is 5.75. The van der Waals surface area contributed by atoms with Crippen LogP contribution in [0.2, 0.25) is 0 Å². The summed E-state index contributed by atoms with van der Waals surface area (Å²) < 4.78 is 0.830.